The third kappa shape index (κ3) is 2.02. The van der Waals surface area contributed by atoms with Gasteiger partial charge in [0.25, 0.3) is 5.91 Å². The van der Waals surface area contributed by atoms with Crippen molar-refractivity contribution in [3.63, 3.8) is 0 Å². The van der Waals surface area contributed by atoms with Gasteiger partial charge in [-0.05, 0) is 23.8 Å². The van der Waals surface area contributed by atoms with Gasteiger partial charge in [-0.1, -0.05) is 6.07 Å². The van der Waals surface area contributed by atoms with Gasteiger partial charge in [0.2, 0.25) is 0 Å². The van der Waals surface area contributed by atoms with Crippen LogP contribution in [0.3, 0.4) is 0 Å². The van der Waals surface area contributed by atoms with Crippen LogP contribution in [0.5, 0.6) is 0 Å². The predicted octanol–water partition coefficient (Wildman–Crippen LogP) is -0.0209. The SMILES string of the molecule is NC1(C(=O)O)CC(NC(=O)c2cccs2)C2C(C(=O)O)C21. The number of nitrogens with one attached hydrogen (secondary N) is 1. The molecular weight excluding hydrogens is 296 g/mol. The summed E-state index contributed by atoms with van der Waals surface area (Å²) in [5.74, 6) is -4.42. The molecule has 7 nitrogen and oxygen atoms in total. The van der Waals surface area contributed by atoms with Crippen LogP contribution >= 0.6 is 11.3 Å². The lowest BCUT2D eigenvalue weighted by atomic mass is 9.90. The molecule has 112 valence electrons. The summed E-state index contributed by atoms with van der Waals surface area (Å²) in [6, 6.07) is 2.87. The molecule has 2 fully saturated rings. The number of hydrogen-bond donors (Lipinski definition) is 4. The Hall–Kier alpha value is -1.93. The number of fused-ring (bicyclic) bond motifs is 1. The van der Waals surface area contributed by atoms with E-state index in [1.807, 2.05) is 0 Å². The van der Waals surface area contributed by atoms with Crippen LogP contribution in [0.15, 0.2) is 17.5 Å². The van der Waals surface area contributed by atoms with Gasteiger partial charge in [0.15, 0.2) is 0 Å². The predicted molar refractivity (Wildman–Crippen MR) is 72.9 cm³/mol. The molecule has 0 radical (unpaired) electrons. The Bertz CT molecular complexity index is 616. The van der Waals surface area contributed by atoms with E-state index in [0.29, 0.717) is 4.88 Å². The Balaban J connectivity index is 1.80. The minimum atomic E-state index is -1.58. The molecule has 1 aromatic heterocycles. The van der Waals surface area contributed by atoms with Gasteiger partial charge in [-0.3, -0.25) is 14.4 Å². The van der Waals surface area contributed by atoms with Crippen molar-refractivity contribution in [2.24, 2.45) is 23.5 Å². The van der Waals surface area contributed by atoms with Crippen LogP contribution in [0, 0.1) is 17.8 Å². The zero-order chi connectivity index (χ0) is 15.4. The lowest BCUT2D eigenvalue weighted by Gasteiger charge is -2.24. The van der Waals surface area contributed by atoms with E-state index < -0.39 is 41.3 Å². The van der Waals surface area contributed by atoms with Crippen molar-refractivity contribution in [2.45, 2.75) is 18.0 Å². The smallest absolute Gasteiger partial charge is 0.324 e. The normalized spacial score (nSPS) is 36.8. The molecule has 5 unspecified atom stereocenters. The standard InChI is InChI=1S/C13H14N2O5S/c14-13(12(19)20)4-5(7-8(9(7)13)11(17)18)15-10(16)6-2-1-3-21-6/h1-3,5,7-9H,4,14H2,(H,15,16)(H,17,18)(H,19,20). The fraction of sp³-hybridized carbons (Fsp3) is 0.462. The summed E-state index contributed by atoms with van der Waals surface area (Å²) in [4.78, 5) is 35.1. The molecule has 0 saturated heterocycles. The molecular formula is C13H14N2O5S. The molecule has 5 atom stereocenters. The van der Waals surface area contributed by atoms with E-state index in [9.17, 15) is 19.5 Å². The van der Waals surface area contributed by atoms with Crippen LogP contribution in [0.1, 0.15) is 16.1 Å². The quantitative estimate of drug-likeness (QED) is 0.618. The molecule has 5 N–H and O–H groups in total. The van der Waals surface area contributed by atoms with Crippen molar-refractivity contribution >= 4 is 29.2 Å². The van der Waals surface area contributed by atoms with Gasteiger partial charge in [0, 0.05) is 12.0 Å². The average molecular weight is 310 g/mol. The average Bonchev–Trinajstić information content (AvgIpc) is 2.78. The van der Waals surface area contributed by atoms with Gasteiger partial charge in [0.1, 0.15) is 5.54 Å². The first-order valence-electron chi connectivity index (χ1n) is 6.45. The van der Waals surface area contributed by atoms with E-state index in [2.05, 4.69) is 5.32 Å². The highest BCUT2D eigenvalue weighted by atomic mass is 32.1. The molecule has 0 aromatic carbocycles. The number of carbonyl (C=O) groups excluding carboxylic acids is 1. The first-order valence-corrected chi connectivity index (χ1v) is 7.33. The fourth-order valence-corrected chi connectivity index (χ4v) is 4.10. The third-order valence-corrected chi connectivity index (χ3v) is 5.31. The molecule has 0 spiro atoms. The second kappa shape index (κ2) is 4.54. The number of aliphatic carboxylic acids is 2. The van der Waals surface area contributed by atoms with E-state index in [1.165, 1.54) is 11.3 Å². The summed E-state index contributed by atoms with van der Waals surface area (Å²) in [5, 5.41) is 22.9. The molecule has 2 saturated carbocycles. The summed E-state index contributed by atoms with van der Waals surface area (Å²) in [6.07, 6.45) is 0.0541. The van der Waals surface area contributed by atoms with Gasteiger partial charge >= 0.3 is 11.9 Å². The number of amides is 1. The maximum Gasteiger partial charge on any atom is 0.324 e. The van der Waals surface area contributed by atoms with Crippen LogP contribution < -0.4 is 11.1 Å². The highest BCUT2D eigenvalue weighted by Crippen LogP contribution is 2.61. The molecule has 0 bridgehead atoms. The topological polar surface area (TPSA) is 130 Å². The van der Waals surface area contributed by atoms with Crippen LogP contribution in [0.2, 0.25) is 0 Å². The fourth-order valence-electron chi connectivity index (χ4n) is 3.48. The first-order chi connectivity index (χ1) is 9.86. The molecule has 0 aliphatic heterocycles. The minimum absolute atomic E-state index is 0.0541. The molecule has 1 heterocycles. The largest absolute Gasteiger partial charge is 0.481 e. The molecule has 2 aliphatic rings. The van der Waals surface area contributed by atoms with E-state index in [1.54, 1.807) is 17.5 Å². The van der Waals surface area contributed by atoms with Crippen molar-refractivity contribution in [3.8, 4) is 0 Å². The summed E-state index contributed by atoms with van der Waals surface area (Å²) in [7, 11) is 0. The number of hydrogen-bond acceptors (Lipinski definition) is 5. The molecule has 3 rings (SSSR count). The van der Waals surface area contributed by atoms with Gasteiger partial charge in [-0.15, -0.1) is 11.3 Å². The Morgan fingerprint density at radius 3 is 2.62 bits per heavy atom. The summed E-state index contributed by atoms with van der Waals surface area (Å²) >= 11 is 1.27. The number of carbonyl (C=O) groups is 3. The van der Waals surface area contributed by atoms with Crippen molar-refractivity contribution in [1.82, 2.24) is 5.32 Å². The Morgan fingerprint density at radius 1 is 1.38 bits per heavy atom. The lowest BCUT2D eigenvalue weighted by Crippen LogP contribution is -2.52. The first kappa shape index (κ1) is 14.0. The zero-order valence-electron chi connectivity index (χ0n) is 10.9. The van der Waals surface area contributed by atoms with Crippen LogP contribution in [-0.2, 0) is 9.59 Å². The van der Waals surface area contributed by atoms with Crippen molar-refractivity contribution in [1.29, 1.82) is 0 Å². The number of carboxylic acids is 2. The third-order valence-electron chi connectivity index (χ3n) is 4.44. The van der Waals surface area contributed by atoms with E-state index in [0.717, 1.165) is 0 Å². The highest BCUT2D eigenvalue weighted by Gasteiger charge is 2.74. The molecule has 1 aromatic rings. The van der Waals surface area contributed by atoms with E-state index in [-0.39, 0.29) is 12.3 Å². The Morgan fingerprint density at radius 2 is 2.10 bits per heavy atom. The van der Waals surface area contributed by atoms with Crippen LogP contribution in [-0.4, -0.2) is 39.6 Å². The Labute approximate surface area is 123 Å². The Kier molecular flexibility index (Phi) is 3.03. The number of thiophene rings is 1. The van der Waals surface area contributed by atoms with Gasteiger partial charge < -0.3 is 21.3 Å². The van der Waals surface area contributed by atoms with Crippen LogP contribution in [0.25, 0.3) is 0 Å². The second-order valence-electron chi connectivity index (χ2n) is 5.57. The maximum absolute atomic E-state index is 12.0. The number of nitrogens with two attached hydrogens (primary N) is 1. The van der Waals surface area contributed by atoms with Crippen molar-refractivity contribution < 1.29 is 24.6 Å². The maximum atomic E-state index is 12.0. The van der Waals surface area contributed by atoms with Gasteiger partial charge in [0.05, 0.1) is 10.8 Å². The molecule has 2 aliphatic carbocycles. The van der Waals surface area contributed by atoms with Crippen molar-refractivity contribution in [3.05, 3.63) is 22.4 Å². The summed E-state index contributed by atoms with van der Waals surface area (Å²) in [5.41, 5.74) is 4.31. The molecule has 8 heteroatoms. The number of rotatable bonds is 4. The van der Waals surface area contributed by atoms with E-state index in [4.69, 9.17) is 10.8 Å². The molecule has 21 heavy (non-hydrogen) atoms. The summed E-state index contributed by atoms with van der Waals surface area (Å²) in [6.45, 7) is 0. The lowest BCUT2D eigenvalue weighted by molar-refractivity contribution is -0.145. The van der Waals surface area contributed by atoms with Crippen molar-refractivity contribution in [2.75, 3.05) is 0 Å². The van der Waals surface area contributed by atoms with Gasteiger partial charge in [-0.25, -0.2) is 0 Å². The highest BCUT2D eigenvalue weighted by molar-refractivity contribution is 7.12. The van der Waals surface area contributed by atoms with E-state index >= 15 is 0 Å². The zero-order valence-corrected chi connectivity index (χ0v) is 11.7. The molecule has 1 amide bonds. The summed E-state index contributed by atoms with van der Waals surface area (Å²) < 4.78 is 0. The van der Waals surface area contributed by atoms with Gasteiger partial charge in [-0.2, -0.15) is 0 Å². The minimum Gasteiger partial charge on any atom is -0.481 e. The number of carboxylic acid groups (broad SMARTS) is 2. The monoisotopic (exact) mass is 310 g/mol. The second-order valence-corrected chi connectivity index (χ2v) is 6.52. The van der Waals surface area contributed by atoms with Crippen LogP contribution in [0.4, 0.5) is 0 Å².